The van der Waals surface area contributed by atoms with Gasteiger partial charge in [-0.2, -0.15) is 0 Å². The van der Waals surface area contributed by atoms with Crippen LogP contribution in [0.3, 0.4) is 0 Å². The number of carbonyl (C=O) groups is 1. The van der Waals surface area contributed by atoms with Crippen LogP contribution in [0.2, 0.25) is 0 Å². The summed E-state index contributed by atoms with van der Waals surface area (Å²) in [6.07, 6.45) is 5.95. The highest BCUT2D eigenvalue weighted by molar-refractivity contribution is 7.89. The average Bonchev–Trinajstić information content (AvgIpc) is 3.68. The smallest absolute Gasteiger partial charge is 0.241 e. The number of aryl methyl sites for hydroxylation is 2. The van der Waals surface area contributed by atoms with Crippen molar-refractivity contribution in [2.75, 3.05) is 4.90 Å². The first kappa shape index (κ1) is 28.4. The van der Waals surface area contributed by atoms with E-state index in [4.69, 9.17) is 0 Å². The largest absolute Gasteiger partial charge is 0.337 e. The van der Waals surface area contributed by atoms with Gasteiger partial charge in [0.15, 0.2) is 0 Å². The van der Waals surface area contributed by atoms with Gasteiger partial charge in [0.1, 0.15) is 5.82 Å². The molecule has 8 heteroatoms. The van der Waals surface area contributed by atoms with Gasteiger partial charge in [-0.15, -0.1) is 0 Å². The predicted molar refractivity (Wildman–Crippen MR) is 165 cm³/mol. The molecule has 3 aromatic carbocycles. The molecule has 4 aromatic rings. The molecule has 2 aliphatic carbocycles. The van der Waals surface area contributed by atoms with Crippen LogP contribution in [-0.2, 0) is 33.8 Å². The van der Waals surface area contributed by atoms with Crippen LogP contribution >= 0.6 is 0 Å². The van der Waals surface area contributed by atoms with E-state index in [1.165, 1.54) is 5.56 Å². The van der Waals surface area contributed by atoms with Crippen LogP contribution in [0.15, 0.2) is 90.1 Å². The fraction of sp³-hybridized carbons (Fsp3) is 0.353. The molecule has 1 saturated carbocycles. The zero-order valence-corrected chi connectivity index (χ0v) is 25.4. The molecule has 1 amide bonds. The molecule has 0 radical (unpaired) electrons. The van der Waals surface area contributed by atoms with E-state index in [0.29, 0.717) is 13.0 Å². The zero-order valence-electron chi connectivity index (χ0n) is 24.6. The van der Waals surface area contributed by atoms with E-state index in [1.54, 1.807) is 18.3 Å². The summed E-state index contributed by atoms with van der Waals surface area (Å²) >= 11 is 0. The Bertz CT molecular complexity index is 1710. The summed E-state index contributed by atoms with van der Waals surface area (Å²) in [7, 11) is -1.81. The minimum Gasteiger partial charge on any atom is -0.337 e. The van der Waals surface area contributed by atoms with Crippen molar-refractivity contribution in [3.8, 4) is 0 Å². The van der Waals surface area contributed by atoms with Gasteiger partial charge in [0, 0.05) is 37.1 Å². The lowest BCUT2D eigenvalue weighted by atomic mass is 9.71. The van der Waals surface area contributed by atoms with Gasteiger partial charge < -0.3 is 9.47 Å². The monoisotopic (exact) mass is 582 g/mol. The van der Waals surface area contributed by atoms with Crippen LogP contribution in [0.1, 0.15) is 73.1 Å². The number of nitrogens with zero attached hydrogens (tertiary/aromatic N) is 3. The molecule has 0 unspecified atom stereocenters. The van der Waals surface area contributed by atoms with E-state index in [-0.39, 0.29) is 28.1 Å². The third kappa shape index (κ3) is 5.53. The SMILES string of the molecule is Cc1ccc(S(=O)(=O)N[C@H]2CCC(C)(C)c3ccc(N(Cc4nccn4C)C(=O)[C@H]4C[C@H]4c4ccccc4)cc32)cc1. The number of aromatic nitrogens is 2. The van der Waals surface area contributed by atoms with Gasteiger partial charge in [-0.05, 0) is 78.5 Å². The van der Waals surface area contributed by atoms with Crippen LogP contribution in [0.5, 0.6) is 0 Å². The molecular formula is C34H38N4O3S. The van der Waals surface area contributed by atoms with Crippen molar-refractivity contribution in [3.05, 3.63) is 113 Å². The fourth-order valence-corrected chi connectivity index (χ4v) is 7.49. The molecule has 0 aliphatic heterocycles. The Kier molecular flexibility index (Phi) is 7.31. The maximum Gasteiger partial charge on any atom is 0.241 e. The van der Waals surface area contributed by atoms with Gasteiger partial charge in [-0.25, -0.2) is 18.1 Å². The van der Waals surface area contributed by atoms with Crippen LogP contribution in [0, 0.1) is 12.8 Å². The second-order valence-corrected chi connectivity index (χ2v) is 14.1. The maximum absolute atomic E-state index is 14.1. The zero-order chi connectivity index (χ0) is 29.6. The molecular weight excluding hydrogens is 544 g/mol. The van der Waals surface area contributed by atoms with Crippen molar-refractivity contribution in [2.45, 2.75) is 68.8 Å². The third-order valence-electron chi connectivity index (χ3n) is 8.96. The minimum atomic E-state index is -3.74. The Hall–Kier alpha value is -3.75. The number of anilines is 1. The van der Waals surface area contributed by atoms with Gasteiger partial charge >= 0.3 is 0 Å². The molecule has 1 N–H and O–H groups in total. The summed E-state index contributed by atoms with van der Waals surface area (Å²) < 4.78 is 31.8. The Morgan fingerprint density at radius 3 is 2.50 bits per heavy atom. The molecule has 2 aliphatic rings. The van der Waals surface area contributed by atoms with Crippen LogP contribution in [-0.4, -0.2) is 23.9 Å². The molecule has 6 rings (SSSR count). The summed E-state index contributed by atoms with van der Waals surface area (Å²) in [5.74, 6) is 0.956. The van der Waals surface area contributed by atoms with E-state index in [1.807, 2.05) is 72.1 Å². The van der Waals surface area contributed by atoms with Gasteiger partial charge in [0.25, 0.3) is 0 Å². The first-order valence-corrected chi connectivity index (χ1v) is 16.1. The van der Waals surface area contributed by atoms with Gasteiger partial charge in [0.2, 0.25) is 15.9 Å². The summed E-state index contributed by atoms with van der Waals surface area (Å²) in [5.41, 5.74) is 4.86. The number of fused-ring (bicyclic) bond motifs is 1. The number of imidazole rings is 1. The Balaban J connectivity index is 1.36. The van der Waals surface area contributed by atoms with Crippen LogP contribution in [0.25, 0.3) is 0 Å². The van der Waals surface area contributed by atoms with Crippen molar-refractivity contribution in [1.82, 2.24) is 14.3 Å². The lowest BCUT2D eigenvalue weighted by molar-refractivity contribution is -0.120. The summed E-state index contributed by atoms with van der Waals surface area (Å²) in [6, 6.07) is 22.8. The number of carbonyl (C=O) groups excluding carboxylic acids is 1. The first-order chi connectivity index (χ1) is 20.0. The summed E-state index contributed by atoms with van der Waals surface area (Å²) in [5, 5.41) is 0. The van der Waals surface area contributed by atoms with Crippen molar-refractivity contribution in [3.63, 3.8) is 0 Å². The Labute approximate surface area is 248 Å². The summed E-state index contributed by atoms with van der Waals surface area (Å²) in [6.45, 7) is 6.66. The summed E-state index contributed by atoms with van der Waals surface area (Å²) in [4.78, 5) is 20.7. The number of benzene rings is 3. The normalized spacial score (nSPS) is 21.0. The number of rotatable bonds is 8. The second-order valence-electron chi connectivity index (χ2n) is 12.4. The van der Waals surface area contributed by atoms with Crippen LogP contribution < -0.4 is 9.62 Å². The van der Waals surface area contributed by atoms with Crippen molar-refractivity contribution < 1.29 is 13.2 Å². The quantitative estimate of drug-likeness (QED) is 0.270. The van der Waals surface area contributed by atoms with Crippen molar-refractivity contribution in [1.29, 1.82) is 0 Å². The van der Waals surface area contributed by atoms with Crippen molar-refractivity contribution in [2.24, 2.45) is 13.0 Å². The van der Waals surface area contributed by atoms with E-state index in [2.05, 4.69) is 41.8 Å². The van der Waals surface area contributed by atoms with E-state index < -0.39 is 16.1 Å². The Morgan fingerprint density at radius 1 is 1.07 bits per heavy atom. The molecule has 42 heavy (non-hydrogen) atoms. The predicted octanol–water partition coefficient (Wildman–Crippen LogP) is 6.16. The molecule has 1 heterocycles. The van der Waals surface area contributed by atoms with E-state index in [9.17, 15) is 13.2 Å². The molecule has 1 fully saturated rings. The number of amides is 1. The number of hydrogen-bond acceptors (Lipinski definition) is 4. The van der Waals surface area contributed by atoms with Gasteiger partial charge in [0.05, 0.1) is 11.4 Å². The highest BCUT2D eigenvalue weighted by atomic mass is 32.2. The van der Waals surface area contributed by atoms with Crippen molar-refractivity contribution >= 4 is 21.6 Å². The standard InChI is InChI=1S/C34H38N4O3S/c1-23-10-13-26(14-11-23)42(40,41)36-31-16-17-34(2,3)30-15-12-25(20-29(30)31)38(22-32-35-18-19-37(32)4)33(39)28-21-27(28)24-8-6-5-7-9-24/h5-15,18-20,27-28,31,36H,16-17,21-22H2,1-4H3/t27-,28-,31-/m0/s1. The molecule has 7 nitrogen and oxygen atoms in total. The number of sulfonamides is 1. The highest BCUT2D eigenvalue weighted by Crippen LogP contribution is 2.49. The molecule has 0 saturated heterocycles. The third-order valence-corrected chi connectivity index (χ3v) is 10.4. The topological polar surface area (TPSA) is 84.3 Å². The molecule has 0 bridgehead atoms. The maximum atomic E-state index is 14.1. The lowest BCUT2D eigenvalue weighted by Gasteiger charge is -2.38. The van der Waals surface area contributed by atoms with Gasteiger partial charge in [-0.1, -0.05) is 67.9 Å². The molecule has 3 atom stereocenters. The second kappa shape index (κ2) is 10.8. The van der Waals surface area contributed by atoms with Gasteiger partial charge in [-0.3, -0.25) is 4.79 Å². The lowest BCUT2D eigenvalue weighted by Crippen LogP contribution is -2.37. The number of hydrogen-bond donors (Lipinski definition) is 1. The van der Waals surface area contributed by atoms with Crippen LogP contribution in [0.4, 0.5) is 5.69 Å². The Morgan fingerprint density at radius 2 is 1.81 bits per heavy atom. The minimum absolute atomic E-state index is 0.0682. The molecule has 0 spiro atoms. The average molecular weight is 583 g/mol. The number of nitrogens with one attached hydrogen (secondary N) is 1. The molecule has 218 valence electrons. The van der Waals surface area contributed by atoms with E-state index in [0.717, 1.165) is 41.0 Å². The highest BCUT2D eigenvalue weighted by Gasteiger charge is 2.46. The first-order valence-electron chi connectivity index (χ1n) is 14.6. The van der Waals surface area contributed by atoms with E-state index >= 15 is 0 Å². The fourth-order valence-electron chi connectivity index (χ4n) is 6.24. The molecule has 1 aromatic heterocycles.